The van der Waals surface area contributed by atoms with Crippen LogP contribution >= 0.6 is 23.2 Å². The third kappa shape index (κ3) is 4.34. The zero-order chi connectivity index (χ0) is 15.2. The van der Waals surface area contributed by atoms with Crippen molar-refractivity contribution in [3.05, 3.63) is 52.1 Å². The topological polar surface area (TPSA) is 54.0 Å². The Bertz CT molecular complexity index is 629. The van der Waals surface area contributed by atoms with Gasteiger partial charge in [0.25, 0.3) is 5.91 Å². The highest BCUT2D eigenvalue weighted by Crippen LogP contribution is 2.20. The molecule has 0 spiro atoms. The van der Waals surface area contributed by atoms with Crippen molar-refractivity contribution < 1.29 is 4.79 Å². The second-order valence-electron chi connectivity index (χ2n) is 4.44. The quantitative estimate of drug-likeness (QED) is 0.853. The standard InChI is InChI=1S/C15H15Cl2N3O/c1-2-7-18-14-8-12(13(17)9-19-14)15(21)20-11-5-3-10(16)4-6-11/h3-6,8-9H,2,7H2,1H3,(H,18,19)(H,20,21). The number of carbonyl (C=O) groups is 1. The number of amides is 1. The van der Waals surface area contributed by atoms with Gasteiger partial charge in [-0.1, -0.05) is 30.1 Å². The summed E-state index contributed by atoms with van der Waals surface area (Å²) in [5.41, 5.74) is 1.03. The molecule has 2 N–H and O–H groups in total. The van der Waals surface area contributed by atoms with E-state index in [1.54, 1.807) is 30.3 Å². The van der Waals surface area contributed by atoms with Crippen molar-refractivity contribution in [2.45, 2.75) is 13.3 Å². The largest absolute Gasteiger partial charge is 0.370 e. The summed E-state index contributed by atoms with van der Waals surface area (Å²) in [5.74, 6) is 0.340. The van der Waals surface area contributed by atoms with Crippen LogP contribution in [0.2, 0.25) is 10.0 Å². The first-order valence-corrected chi connectivity index (χ1v) is 7.32. The molecule has 0 aliphatic heterocycles. The Morgan fingerprint density at radius 1 is 1.24 bits per heavy atom. The van der Waals surface area contributed by atoms with Crippen LogP contribution in [0, 0.1) is 0 Å². The van der Waals surface area contributed by atoms with Gasteiger partial charge in [0.15, 0.2) is 0 Å². The second kappa shape index (κ2) is 7.29. The molecule has 0 saturated carbocycles. The fourth-order valence-corrected chi connectivity index (χ4v) is 2.01. The van der Waals surface area contributed by atoms with Gasteiger partial charge in [-0.15, -0.1) is 0 Å². The molecule has 0 fully saturated rings. The highest BCUT2D eigenvalue weighted by molar-refractivity contribution is 6.34. The van der Waals surface area contributed by atoms with Gasteiger partial charge in [-0.2, -0.15) is 0 Å². The van der Waals surface area contributed by atoms with Crippen molar-refractivity contribution in [3.63, 3.8) is 0 Å². The minimum absolute atomic E-state index is 0.288. The molecule has 1 aromatic heterocycles. The van der Waals surface area contributed by atoms with Crippen molar-refractivity contribution in [2.75, 3.05) is 17.2 Å². The molecular weight excluding hydrogens is 309 g/mol. The number of anilines is 2. The number of hydrogen-bond donors (Lipinski definition) is 2. The summed E-state index contributed by atoms with van der Waals surface area (Å²) >= 11 is 11.9. The SMILES string of the molecule is CCCNc1cc(C(=O)Nc2ccc(Cl)cc2)c(Cl)cn1. The van der Waals surface area contributed by atoms with E-state index < -0.39 is 0 Å². The monoisotopic (exact) mass is 323 g/mol. The maximum atomic E-state index is 12.3. The number of benzene rings is 1. The van der Waals surface area contributed by atoms with Gasteiger partial charge < -0.3 is 10.6 Å². The molecule has 2 rings (SSSR count). The number of pyridine rings is 1. The van der Waals surface area contributed by atoms with Crippen molar-refractivity contribution in [1.82, 2.24) is 4.98 Å². The first kappa shape index (κ1) is 15.6. The Balaban J connectivity index is 2.15. The average Bonchev–Trinajstić information content (AvgIpc) is 2.48. The summed E-state index contributed by atoms with van der Waals surface area (Å²) in [4.78, 5) is 16.4. The number of carbonyl (C=O) groups excluding carboxylic acids is 1. The first-order valence-electron chi connectivity index (χ1n) is 6.56. The Labute approximate surface area is 133 Å². The zero-order valence-corrected chi connectivity index (χ0v) is 13.0. The number of halogens is 2. The molecule has 0 aliphatic rings. The van der Waals surface area contributed by atoms with Crippen LogP contribution in [0.4, 0.5) is 11.5 Å². The van der Waals surface area contributed by atoms with Crippen LogP contribution < -0.4 is 10.6 Å². The van der Waals surface area contributed by atoms with E-state index in [1.807, 2.05) is 0 Å². The van der Waals surface area contributed by atoms with Crippen LogP contribution in [0.15, 0.2) is 36.5 Å². The molecule has 6 heteroatoms. The Kier molecular flexibility index (Phi) is 5.42. The van der Waals surface area contributed by atoms with E-state index in [-0.39, 0.29) is 5.91 Å². The fourth-order valence-electron chi connectivity index (χ4n) is 1.69. The second-order valence-corrected chi connectivity index (χ2v) is 5.28. The van der Waals surface area contributed by atoms with Gasteiger partial charge in [0.1, 0.15) is 5.82 Å². The van der Waals surface area contributed by atoms with E-state index in [0.717, 1.165) is 13.0 Å². The smallest absolute Gasteiger partial charge is 0.257 e. The molecule has 2 aromatic rings. The lowest BCUT2D eigenvalue weighted by molar-refractivity contribution is 0.102. The summed E-state index contributed by atoms with van der Waals surface area (Å²) in [7, 11) is 0. The summed E-state index contributed by atoms with van der Waals surface area (Å²) in [5, 5.41) is 6.81. The molecule has 0 unspecified atom stereocenters. The molecule has 1 amide bonds. The summed E-state index contributed by atoms with van der Waals surface area (Å²) in [6, 6.07) is 8.51. The van der Waals surface area contributed by atoms with Gasteiger partial charge in [0.05, 0.1) is 10.6 Å². The van der Waals surface area contributed by atoms with Gasteiger partial charge in [-0.05, 0) is 36.8 Å². The molecule has 0 saturated heterocycles. The van der Waals surface area contributed by atoms with E-state index in [1.165, 1.54) is 6.20 Å². The molecule has 1 aromatic carbocycles. The molecule has 4 nitrogen and oxygen atoms in total. The highest BCUT2D eigenvalue weighted by atomic mass is 35.5. The molecule has 0 atom stereocenters. The van der Waals surface area contributed by atoms with E-state index in [9.17, 15) is 4.79 Å². The average molecular weight is 324 g/mol. The van der Waals surface area contributed by atoms with Gasteiger partial charge >= 0.3 is 0 Å². The summed E-state index contributed by atoms with van der Waals surface area (Å²) < 4.78 is 0. The fraction of sp³-hybridized carbons (Fsp3) is 0.200. The van der Waals surface area contributed by atoms with E-state index in [4.69, 9.17) is 23.2 Å². The van der Waals surface area contributed by atoms with Crippen molar-refractivity contribution in [2.24, 2.45) is 0 Å². The number of nitrogens with one attached hydrogen (secondary N) is 2. The Morgan fingerprint density at radius 3 is 2.62 bits per heavy atom. The Hall–Kier alpha value is -1.78. The van der Waals surface area contributed by atoms with Gasteiger partial charge in [-0.3, -0.25) is 4.79 Å². The number of rotatable bonds is 5. The van der Waals surface area contributed by atoms with Crippen LogP contribution in [-0.4, -0.2) is 17.4 Å². The van der Waals surface area contributed by atoms with Crippen LogP contribution in [0.5, 0.6) is 0 Å². The summed E-state index contributed by atoms with van der Waals surface area (Å²) in [6.45, 7) is 2.84. The van der Waals surface area contributed by atoms with E-state index in [2.05, 4.69) is 22.5 Å². The van der Waals surface area contributed by atoms with E-state index >= 15 is 0 Å². The zero-order valence-electron chi connectivity index (χ0n) is 11.5. The molecule has 0 bridgehead atoms. The van der Waals surface area contributed by atoms with Crippen LogP contribution in [0.3, 0.4) is 0 Å². The van der Waals surface area contributed by atoms with Crippen LogP contribution in [0.25, 0.3) is 0 Å². The first-order chi connectivity index (χ1) is 10.1. The lowest BCUT2D eigenvalue weighted by Crippen LogP contribution is -2.13. The molecule has 21 heavy (non-hydrogen) atoms. The van der Waals surface area contributed by atoms with Crippen molar-refractivity contribution in [1.29, 1.82) is 0 Å². The van der Waals surface area contributed by atoms with Crippen LogP contribution in [-0.2, 0) is 0 Å². The van der Waals surface area contributed by atoms with Crippen molar-refractivity contribution in [3.8, 4) is 0 Å². The lowest BCUT2D eigenvalue weighted by Gasteiger charge is -2.09. The Morgan fingerprint density at radius 2 is 1.95 bits per heavy atom. The molecule has 1 heterocycles. The molecular formula is C15H15Cl2N3O. The highest BCUT2D eigenvalue weighted by Gasteiger charge is 2.12. The molecule has 0 aliphatic carbocycles. The van der Waals surface area contributed by atoms with Gasteiger partial charge in [0, 0.05) is 23.5 Å². The minimum atomic E-state index is -0.288. The minimum Gasteiger partial charge on any atom is -0.370 e. The third-order valence-electron chi connectivity index (χ3n) is 2.76. The van der Waals surface area contributed by atoms with Crippen molar-refractivity contribution >= 4 is 40.6 Å². The van der Waals surface area contributed by atoms with Gasteiger partial charge in [0.2, 0.25) is 0 Å². The lowest BCUT2D eigenvalue weighted by atomic mass is 10.2. The number of nitrogens with zero attached hydrogens (tertiary/aromatic N) is 1. The predicted octanol–water partition coefficient (Wildman–Crippen LogP) is 4.46. The third-order valence-corrected chi connectivity index (χ3v) is 3.31. The van der Waals surface area contributed by atoms with Gasteiger partial charge in [-0.25, -0.2) is 4.98 Å². The number of hydrogen-bond acceptors (Lipinski definition) is 3. The van der Waals surface area contributed by atoms with E-state index in [0.29, 0.717) is 27.1 Å². The predicted molar refractivity (Wildman–Crippen MR) is 87.4 cm³/mol. The molecule has 110 valence electrons. The molecule has 0 radical (unpaired) electrons. The maximum absolute atomic E-state index is 12.3. The van der Waals surface area contributed by atoms with Crippen LogP contribution in [0.1, 0.15) is 23.7 Å². The normalized spacial score (nSPS) is 10.2. The number of aromatic nitrogens is 1. The summed E-state index contributed by atoms with van der Waals surface area (Å²) in [6.07, 6.45) is 2.44. The maximum Gasteiger partial charge on any atom is 0.257 e.